The van der Waals surface area contributed by atoms with Crippen LogP contribution in [0, 0.1) is 13.8 Å². The first-order valence-corrected chi connectivity index (χ1v) is 9.86. The van der Waals surface area contributed by atoms with Gasteiger partial charge in [0.15, 0.2) is 0 Å². The van der Waals surface area contributed by atoms with E-state index in [1.165, 1.54) is 65.0 Å². The maximum atomic E-state index is 2.36. The van der Waals surface area contributed by atoms with E-state index in [-0.39, 0.29) is 0 Å². The molecule has 0 aliphatic heterocycles. The molecule has 0 aromatic heterocycles. The highest BCUT2D eigenvalue weighted by molar-refractivity contribution is 6.10. The Labute approximate surface area is 164 Å². The lowest BCUT2D eigenvalue weighted by molar-refractivity contribution is 1.47. The lowest BCUT2D eigenvalue weighted by Crippen LogP contribution is -1.85. The Kier molecular flexibility index (Phi) is 3.11. The zero-order chi connectivity index (χ0) is 18.8. The van der Waals surface area contributed by atoms with Gasteiger partial charge < -0.3 is 0 Å². The summed E-state index contributed by atoms with van der Waals surface area (Å²) in [7, 11) is 0. The monoisotopic (exact) mass is 356 g/mol. The SMILES string of the molecule is Cc1ccc(C)c2cc3cc4cc5cc6ccccc6cc5cc4cc3cc12. The van der Waals surface area contributed by atoms with Gasteiger partial charge in [0, 0.05) is 0 Å². The average Bonchev–Trinajstić information content (AvgIpc) is 2.71. The molecule has 0 atom stereocenters. The van der Waals surface area contributed by atoms with E-state index in [0.29, 0.717) is 0 Å². The van der Waals surface area contributed by atoms with Crippen LogP contribution in [0.15, 0.2) is 84.9 Å². The number of benzene rings is 6. The summed E-state index contributed by atoms with van der Waals surface area (Å²) in [6, 6.07) is 31.8. The van der Waals surface area contributed by atoms with Crippen molar-refractivity contribution in [2.24, 2.45) is 0 Å². The first-order chi connectivity index (χ1) is 13.7. The van der Waals surface area contributed by atoms with Gasteiger partial charge in [0.05, 0.1) is 0 Å². The molecule has 6 aromatic rings. The third-order valence-corrected chi connectivity index (χ3v) is 6.18. The second-order valence-electron chi connectivity index (χ2n) is 8.04. The van der Waals surface area contributed by atoms with Crippen molar-refractivity contribution in [2.75, 3.05) is 0 Å². The molecule has 0 N–H and O–H groups in total. The Morgan fingerprint density at radius 3 is 1.07 bits per heavy atom. The van der Waals surface area contributed by atoms with Crippen LogP contribution in [0.3, 0.4) is 0 Å². The van der Waals surface area contributed by atoms with Crippen LogP contribution in [0.4, 0.5) is 0 Å². The summed E-state index contributed by atoms with van der Waals surface area (Å²) in [4.78, 5) is 0. The minimum Gasteiger partial charge on any atom is -0.0616 e. The minimum absolute atomic E-state index is 1.30. The molecule has 0 heteroatoms. The third-order valence-electron chi connectivity index (χ3n) is 6.18. The van der Waals surface area contributed by atoms with Gasteiger partial charge in [-0.05, 0) is 127 Å². The molecule has 0 heterocycles. The van der Waals surface area contributed by atoms with Gasteiger partial charge in [-0.15, -0.1) is 0 Å². The van der Waals surface area contributed by atoms with Crippen LogP contribution in [0.5, 0.6) is 0 Å². The van der Waals surface area contributed by atoms with Crippen LogP contribution >= 0.6 is 0 Å². The molecule has 6 aromatic carbocycles. The molecule has 28 heavy (non-hydrogen) atoms. The van der Waals surface area contributed by atoms with Crippen molar-refractivity contribution in [3.63, 3.8) is 0 Å². The molecular weight excluding hydrogens is 336 g/mol. The zero-order valence-electron chi connectivity index (χ0n) is 16.1. The molecule has 0 nitrogen and oxygen atoms in total. The number of hydrogen-bond acceptors (Lipinski definition) is 0. The van der Waals surface area contributed by atoms with Crippen molar-refractivity contribution in [3.05, 3.63) is 96.1 Å². The molecule has 0 saturated carbocycles. The van der Waals surface area contributed by atoms with Gasteiger partial charge in [-0.25, -0.2) is 0 Å². The Balaban J connectivity index is 1.71. The van der Waals surface area contributed by atoms with E-state index in [1.54, 1.807) is 0 Å². The standard InChI is InChI=1S/C28H20/c1-17-7-8-18(2)28-16-26-14-24-12-22-10-20-6-4-3-5-19(20)9-21(22)11-23(24)13-25(26)15-27(17)28/h3-16H,1-2H3. The van der Waals surface area contributed by atoms with E-state index in [4.69, 9.17) is 0 Å². The molecule has 0 unspecified atom stereocenters. The fraction of sp³-hybridized carbons (Fsp3) is 0.0714. The molecule has 0 fully saturated rings. The molecule has 0 saturated heterocycles. The van der Waals surface area contributed by atoms with Crippen LogP contribution in [0.25, 0.3) is 53.9 Å². The number of fused-ring (bicyclic) bond motifs is 5. The zero-order valence-corrected chi connectivity index (χ0v) is 16.1. The maximum absolute atomic E-state index is 2.36. The van der Waals surface area contributed by atoms with Gasteiger partial charge in [0.2, 0.25) is 0 Å². The van der Waals surface area contributed by atoms with Gasteiger partial charge in [0.1, 0.15) is 0 Å². The smallest absolute Gasteiger partial charge is 0.0146 e. The van der Waals surface area contributed by atoms with Crippen molar-refractivity contribution in [3.8, 4) is 0 Å². The lowest BCUT2D eigenvalue weighted by Gasteiger charge is -2.10. The van der Waals surface area contributed by atoms with Crippen molar-refractivity contribution < 1.29 is 0 Å². The average molecular weight is 356 g/mol. The minimum atomic E-state index is 1.30. The predicted molar refractivity (Wildman–Crippen MR) is 123 cm³/mol. The lowest BCUT2D eigenvalue weighted by atomic mass is 9.94. The molecule has 132 valence electrons. The highest BCUT2D eigenvalue weighted by Crippen LogP contribution is 2.33. The topological polar surface area (TPSA) is 0 Å². The fourth-order valence-electron chi connectivity index (χ4n) is 4.58. The molecule has 6 rings (SSSR count). The fourth-order valence-corrected chi connectivity index (χ4v) is 4.58. The van der Waals surface area contributed by atoms with Crippen LogP contribution in [0.1, 0.15) is 11.1 Å². The van der Waals surface area contributed by atoms with Crippen LogP contribution in [-0.2, 0) is 0 Å². The summed E-state index contributed by atoms with van der Waals surface area (Å²) < 4.78 is 0. The van der Waals surface area contributed by atoms with Crippen molar-refractivity contribution in [1.82, 2.24) is 0 Å². The van der Waals surface area contributed by atoms with Crippen molar-refractivity contribution in [1.29, 1.82) is 0 Å². The summed E-state index contributed by atoms with van der Waals surface area (Å²) in [5.41, 5.74) is 2.68. The molecule has 0 bridgehead atoms. The largest absolute Gasteiger partial charge is 0.0616 e. The summed E-state index contributed by atoms with van der Waals surface area (Å²) in [5, 5.41) is 13.2. The maximum Gasteiger partial charge on any atom is -0.0146 e. The number of hydrogen-bond donors (Lipinski definition) is 0. The molecule has 0 amide bonds. The van der Waals surface area contributed by atoms with E-state index in [9.17, 15) is 0 Å². The highest BCUT2D eigenvalue weighted by atomic mass is 14.1. The van der Waals surface area contributed by atoms with Gasteiger partial charge in [0.25, 0.3) is 0 Å². The van der Waals surface area contributed by atoms with E-state index >= 15 is 0 Å². The van der Waals surface area contributed by atoms with Crippen molar-refractivity contribution >= 4 is 53.9 Å². The Morgan fingerprint density at radius 1 is 0.357 bits per heavy atom. The molecule has 0 aliphatic rings. The second kappa shape index (κ2) is 5.56. The van der Waals surface area contributed by atoms with Crippen molar-refractivity contribution in [2.45, 2.75) is 13.8 Å². The van der Waals surface area contributed by atoms with E-state index in [1.807, 2.05) is 0 Å². The van der Waals surface area contributed by atoms with E-state index < -0.39 is 0 Å². The van der Waals surface area contributed by atoms with Crippen LogP contribution in [0.2, 0.25) is 0 Å². The summed E-state index contributed by atoms with van der Waals surface area (Å²) in [6.45, 7) is 4.40. The summed E-state index contributed by atoms with van der Waals surface area (Å²) >= 11 is 0. The number of aryl methyl sites for hydroxylation is 2. The molecular formula is C28H20. The van der Waals surface area contributed by atoms with Crippen LogP contribution in [-0.4, -0.2) is 0 Å². The molecule has 0 spiro atoms. The van der Waals surface area contributed by atoms with Gasteiger partial charge in [-0.1, -0.05) is 36.4 Å². The first kappa shape index (κ1) is 15.7. The van der Waals surface area contributed by atoms with Crippen LogP contribution < -0.4 is 0 Å². The molecule has 0 radical (unpaired) electrons. The Bertz CT molecular complexity index is 1450. The normalized spacial score (nSPS) is 11.9. The highest BCUT2D eigenvalue weighted by Gasteiger charge is 2.07. The van der Waals surface area contributed by atoms with Gasteiger partial charge in [-0.2, -0.15) is 0 Å². The van der Waals surface area contributed by atoms with E-state index in [0.717, 1.165) is 0 Å². The summed E-state index contributed by atoms with van der Waals surface area (Å²) in [5.74, 6) is 0. The predicted octanol–water partition coefficient (Wildman–Crippen LogP) is 8.07. The van der Waals surface area contributed by atoms with Gasteiger partial charge >= 0.3 is 0 Å². The second-order valence-corrected chi connectivity index (χ2v) is 8.04. The quantitative estimate of drug-likeness (QED) is 0.241. The molecule has 0 aliphatic carbocycles. The Morgan fingerprint density at radius 2 is 0.679 bits per heavy atom. The Hall–Kier alpha value is -3.38. The van der Waals surface area contributed by atoms with E-state index in [2.05, 4.69) is 98.8 Å². The van der Waals surface area contributed by atoms with Gasteiger partial charge in [-0.3, -0.25) is 0 Å². The first-order valence-electron chi connectivity index (χ1n) is 9.86. The number of rotatable bonds is 0. The third kappa shape index (κ3) is 2.25. The summed E-state index contributed by atoms with van der Waals surface area (Å²) in [6.07, 6.45) is 0.